The van der Waals surface area contributed by atoms with Gasteiger partial charge in [-0.05, 0) is 55.9 Å². The van der Waals surface area contributed by atoms with Gasteiger partial charge in [0, 0.05) is 16.6 Å². The van der Waals surface area contributed by atoms with Gasteiger partial charge in [-0.3, -0.25) is 0 Å². The number of benzene rings is 1. The minimum Gasteiger partial charge on any atom is -0.311 e. The molecule has 1 aromatic carbocycles. The summed E-state index contributed by atoms with van der Waals surface area (Å²) in [7, 11) is 0. The van der Waals surface area contributed by atoms with Crippen LogP contribution < -0.4 is 5.32 Å². The number of unbranched alkanes of at least 4 members (excludes halogenated alkanes) is 3. The zero-order chi connectivity index (χ0) is 14.4. The van der Waals surface area contributed by atoms with Crippen molar-refractivity contribution in [1.29, 1.82) is 0 Å². The molecular weight excluding hydrogens is 310 g/mol. The zero-order valence-corrected chi connectivity index (χ0v) is 14.5. The third-order valence-corrected chi connectivity index (χ3v) is 4.90. The largest absolute Gasteiger partial charge is 0.311 e. The van der Waals surface area contributed by atoms with E-state index in [-0.39, 0.29) is 0 Å². The summed E-state index contributed by atoms with van der Waals surface area (Å²) in [5, 5.41) is 3.84. The lowest BCUT2D eigenvalue weighted by atomic mass is 9.88. The molecule has 0 saturated carbocycles. The molecule has 2 atom stereocenters. The number of fused-ring (bicyclic) bond motifs is 1. The van der Waals surface area contributed by atoms with Gasteiger partial charge in [-0.25, -0.2) is 0 Å². The average Bonchev–Trinajstić information content (AvgIpc) is 2.44. The Balaban J connectivity index is 1.76. The van der Waals surface area contributed by atoms with Crippen LogP contribution in [0.2, 0.25) is 0 Å². The molecule has 1 aliphatic rings. The summed E-state index contributed by atoms with van der Waals surface area (Å²) in [5.74, 6) is 0. The summed E-state index contributed by atoms with van der Waals surface area (Å²) in [6.07, 6.45) is 10.5. The Hall–Kier alpha value is -0.340. The number of nitrogens with one attached hydrogen (secondary N) is 1. The first-order chi connectivity index (χ1) is 9.69. The molecule has 112 valence electrons. The molecule has 1 aromatic rings. The molecule has 1 nitrogen and oxygen atoms in total. The Kier molecular flexibility index (Phi) is 6.57. The van der Waals surface area contributed by atoms with Crippen LogP contribution in [0.25, 0.3) is 0 Å². The molecule has 0 saturated heterocycles. The van der Waals surface area contributed by atoms with Crippen LogP contribution >= 0.6 is 15.9 Å². The number of hydrogen-bond donors (Lipinski definition) is 1. The van der Waals surface area contributed by atoms with Crippen LogP contribution in [0.1, 0.15) is 63.5 Å². The van der Waals surface area contributed by atoms with Crippen LogP contribution in [0.4, 0.5) is 0 Å². The second kappa shape index (κ2) is 8.19. The van der Waals surface area contributed by atoms with Gasteiger partial charge in [0.15, 0.2) is 0 Å². The van der Waals surface area contributed by atoms with Crippen molar-refractivity contribution in [2.45, 2.75) is 77.3 Å². The fourth-order valence-corrected chi connectivity index (χ4v) is 3.64. The summed E-state index contributed by atoms with van der Waals surface area (Å²) in [5.41, 5.74) is 3.07. The van der Waals surface area contributed by atoms with Gasteiger partial charge in [-0.15, -0.1) is 0 Å². The second-order valence-corrected chi connectivity index (χ2v) is 7.19. The van der Waals surface area contributed by atoms with Gasteiger partial charge < -0.3 is 5.32 Å². The number of hydrogen-bond acceptors (Lipinski definition) is 1. The molecule has 0 aliphatic heterocycles. The molecule has 2 rings (SSSR count). The molecule has 2 unspecified atom stereocenters. The van der Waals surface area contributed by atoms with Crippen LogP contribution in [-0.4, -0.2) is 12.1 Å². The minimum absolute atomic E-state index is 0.661. The highest BCUT2D eigenvalue weighted by Crippen LogP contribution is 2.25. The minimum atomic E-state index is 0.661. The van der Waals surface area contributed by atoms with Gasteiger partial charge in [0.1, 0.15) is 0 Å². The van der Waals surface area contributed by atoms with Crippen LogP contribution in [-0.2, 0) is 12.8 Å². The van der Waals surface area contributed by atoms with E-state index in [1.807, 2.05) is 0 Å². The van der Waals surface area contributed by atoms with Gasteiger partial charge in [0.25, 0.3) is 0 Å². The molecule has 0 radical (unpaired) electrons. The van der Waals surface area contributed by atoms with E-state index in [2.05, 4.69) is 53.3 Å². The van der Waals surface area contributed by atoms with Crippen molar-refractivity contribution in [1.82, 2.24) is 5.32 Å². The van der Waals surface area contributed by atoms with Crippen LogP contribution in [0.3, 0.4) is 0 Å². The molecular formula is C18H28BrN. The quantitative estimate of drug-likeness (QED) is 0.669. The van der Waals surface area contributed by atoms with Gasteiger partial charge in [0.2, 0.25) is 0 Å². The van der Waals surface area contributed by atoms with Crippen LogP contribution in [0, 0.1) is 0 Å². The normalized spacial score (nSPS) is 19.6. The Morgan fingerprint density at radius 2 is 2.10 bits per heavy atom. The Morgan fingerprint density at radius 3 is 2.90 bits per heavy atom. The maximum Gasteiger partial charge on any atom is 0.0178 e. The first kappa shape index (κ1) is 16.0. The van der Waals surface area contributed by atoms with Crippen molar-refractivity contribution in [3.63, 3.8) is 0 Å². The molecule has 0 heterocycles. The van der Waals surface area contributed by atoms with E-state index in [4.69, 9.17) is 0 Å². The summed E-state index contributed by atoms with van der Waals surface area (Å²) >= 11 is 3.57. The molecule has 0 amide bonds. The smallest absolute Gasteiger partial charge is 0.0178 e. The second-order valence-electron chi connectivity index (χ2n) is 6.27. The van der Waals surface area contributed by atoms with E-state index in [0.717, 1.165) is 0 Å². The molecule has 0 bridgehead atoms. The highest BCUT2D eigenvalue weighted by Gasteiger charge is 2.19. The average molecular weight is 338 g/mol. The standard InChI is InChI=1S/C18H28BrN/c1-3-4-5-6-7-14(2)20-18-11-9-15-12-17(19)10-8-16(15)13-18/h8,10,12,14,18,20H,3-7,9,11,13H2,1-2H3. The van der Waals surface area contributed by atoms with E-state index in [1.165, 1.54) is 67.0 Å². The Bertz CT molecular complexity index is 416. The molecule has 0 fully saturated rings. The van der Waals surface area contributed by atoms with Gasteiger partial charge in [-0.2, -0.15) is 0 Å². The summed E-state index contributed by atoms with van der Waals surface area (Å²) < 4.78 is 1.21. The fourth-order valence-electron chi connectivity index (χ4n) is 3.23. The van der Waals surface area contributed by atoms with Crippen molar-refractivity contribution in [2.24, 2.45) is 0 Å². The van der Waals surface area contributed by atoms with Crippen molar-refractivity contribution in [3.05, 3.63) is 33.8 Å². The molecule has 2 heteroatoms. The number of aryl methyl sites for hydroxylation is 1. The van der Waals surface area contributed by atoms with Gasteiger partial charge >= 0.3 is 0 Å². The molecule has 20 heavy (non-hydrogen) atoms. The first-order valence-corrected chi connectivity index (χ1v) is 9.01. The molecule has 1 N–H and O–H groups in total. The summed E-state index contributed by atoms with van der Waals surface area (Å²) in [6.45, 7) is 4.63. The van der Waals surface area contributed by atoms with E-state index in [9.17, 15) is 0 Å². The molecule has 0 aromatic heterocycles. The Labute approximate surface area is 132 Å². The Morgan fingerprint density at radius 1 is 1.25 bits per heavy atom. The number of halogens is 1. The van der Waals surface area contributed by atoms with Crippen molar-refractivity contribution < 1.29 is 0 Å². The predicted octanol–water partition coefficient (Wildman–Crippen LogP) is 5.25. The third kappa shape index (κ3) is 4.89. The lowest BCUT2D eigenvalue weighted by molar-refractivity contribution is 0.385. The summed E-state index contributed by atoms with van der Waals surface area (Å²) in [4.78, 5) is 0. The molecule has 1 aliphatic carbocycles. The third-order valence-electron chi connectivity index (χ3n) is 4.41. The van der Waals surface area contributed by atoms with Crippen LogP contribution in [0.15, 0.2) is 22.7 Å². The predicted molar refractivity (Wildman–Crippen MR) is 91.3 cm³/mol. The molecule has 0 spiro atoms. The van der Waals surface area contributed by atoms with E-state index >= 15 is 0 Å². The monoisotopic (exact) mass is 337 g/mol. The van der Waals surface area contributed by atoms with Crippen molar-refractivity contribution in [2.75, 3.05) is 0 Å². The lowest BCUT2D eigenvalue weighted by Crippen LogP contribution is -2.40. The summed E-state index contributed by atoms with van der Waals surface area (Å²) in [6, 6.07) is 8.09. The van der Waals surface area contributed by atoms with E-state index < -0.39 is 0 Å². The highest BCUT2D eigenvalue weighted by molar-refractivity contribution is 9.10. The van der Waals surface area contributed by atoms with Gasteiger partial charge in [-0.1, -0.05) is 54.6 Å². The van der Waals surface area contributed by atoms with Gasteiger partial charge in [0.05, 0.1) is 0 Å². The van der Waals surface area contributed by atoms with Crippen molar-refractivity contribution in [3.8, 4) is 0 Å². The SMILES string of the molecule is CCCCCCC(C)NC1CCc2cc(Br)ccc2C1. The number of rotatable bonds is 7. The van der Waals surface area contributed by atoms with Crippen molar-refractivity contribution >= 4 is 15.9 Å². The maximum atomic E-state index is 3.84. The highest BCUT2D eigenvalue weighted by atomic mass is 79.9. The van der Waals surface area contributed by atoms with E-state index in [1.54, 1.807) is 0 Å². The zero-order valence-electron chi connectivity index (χ0n) is 12.9. The van der Waals surface area contributed by atoms with Crippen LogP contribution in [0.5, 0.6) is 0 Å². The topological polar surface area (TPSA) is 12.0 Å². The maximum absolute atomic E-state index is 3.84. The first-order valence-electron chi connectivity index (χ1n) is 8.22. The van der Waals surface area contributed by atoms with E-state index in [0.29, 0.717) is 12.1 Å². The fraction of sp³-hybridized carbons (Fsp3) is 0.667. The lowest BCUT2D eigenvalue weighted by Gasteiger charge is -2.28.